The number of β-amino-alcohol motifs (C(OH)–C–C–N with tert-alkyl or cyclic N) is 1. The number of hydrogen-bond donors (Lipinski definition) is 3. The molecule has 0 aliphatic carbocycles. The number of nitrogens with one attached hydrogen (secondary N) is 2. The first-order chi connectivity index (χ1) is 11.6. The third-order valence-electron chi connectivity index (χ3n) is 3.88. The summed E-state index contributed by atoms with van der Waals surface area (Å²) < 4.78 is 5.16. The second-order valence-corrected chi connectivity index (χ2v) is 5.65. The highest BCUT2D eigenvalue weighted by Gasteiger charge is 2.38. The number of aliphatic hydroxyl groups is 1. The smallest absolute Gasteiger partial charge is 0.322 e. The molecule has 0 bridgehead atoms. The van der Waals surface area contributed by atoms with Crippen molar-refractivity contribution in [1.82, 2.24) is 10.2 Å². The number of para-hydroxylation sites is 1. The van der Waals surface area contributed by atoms with E-state index in [1.54, 1.807) is 24.3 Å². The number of hydrogen-bond acceptors (Lipinski definition) is 4. The van der Waals surface area contributed by atoms with Crippen LogP contribution in [-0.2, 0) is 11.3 Å². The third-order valence-corrected chi connectivity index (χ3v) is 3.88. The molecule has 2 heterocycles. The minimum atomic E-state index is -0.717. The summed E-state index contributed by atoms with van der Waals surface area (Å²) in [4.78, 5) is 26.1. The van der Waals surface area contributed by atoms with Gasteiger partial charge in [0.25, 0.3) is 0 Å². The highest BCUT2D eigenvalue weighted by molar-refractivity contribution is 5.94. The van der Waals surface area contributed by atoms with Crippen LogP contribution in [0.3, 0.4) is 0 Å². The van der Waals surface area contributed by atoms with Crippen LogP contribution < -0.4 is 10.6 Å². The molecule has 1 aliphatic heterocycles. The Bertz CT molecular complexity index is 687. The molecule has 3 amide bonds. The lowest BCUT2D eigenvalue weighted by molar-refractivity contribution is -0.125. The molecular weight excluding hydrogens is 310 g/mol. The summed E-state index contributed by atoms with van der Waals surface area (Å²) in [6, 6.07) is 11.4. The minimum absolute atomic E-state index is 0.123. The first kappa shape index (κ1) is 16.1. The Labute approximate surface area is 139 Å². The van der Waals surface area contributed by atoms with Gasteiger partial charge in [-0.05, 0) is 24.3 Å². The fourth-order valence-electron chi connectivity index (χ4n) is 2.71. The Morgan fingerprint density at radius 1 is 1.21 bits per heavy atom. The highest BCUT2D eigenvalue weighted by Crippen LogP contribution is 2.20. The highest BCUT2D eigenvalue weighted by atomic mass is 16.3. The van der Waals surface area contributed by atoms with Crippen molar-refractivity contribution in [3.8, 4) is 0 Å². The van der Waals surface area contributed by atoms with Gasteiger partial charge >= 0.3 is 6.03 Å². The van der Waals surface area contributed by atoms with Crippen LogP contribution in [0.2, 0.25) is 0 Å². The molecular formula is C17H19N3O4. The standard InChI is InChI=1S/C17H19N3O4/c21-13-9-15(16(22)18-10-14-7-4-8-24-14)20(11-13)17(23)19-12-5-2-1-3-6-12/h1-8,13,15,21H,9-11H2,(H,18,22)(H,19,23)/t13-,15+/m1/s1. The van der Waals surface area contributed by atoms with E-state index < -0.39 is 18.2 Å². The number of rotatable bonds is 4. The van der Waals surface area contributed by atoms with E-state index in [1.165, 1.54) is 11.2 Å². The van der Waals surface area contributed by atoms with Crippen molar-refractivity contribution < 1.29 is 19.1 Å². The van der Waals surface area contributed by atoms with E-state index in [2.05, 4.69) is 10.6 Å². The number of carbonyl (C=O) groups excluding carboxylic acids is 2. The summed E-state index contributed by atoms with van der Waals surface area (Å²) in [5.41, 5.74) is 0.638. The number of benzene rings is 1. The molecule has 1 aliphatic rings. The molecule has 3 rings (SSSR count). The van der Waals surface area contributed by atoms with E-state index in [1.807, 2.05) is 18.2 Å². The minimum Gasteiger partial charge on any atom is -0.467 e. The Hall–Kier alpha value is -2.80. The second-order valence-electron chi connectivity index (χ2n) is 5.65. The Morgan fingerprint density at radius 3 is 2.71 bits per heavy atom. The van der Waals surface area contributed by atoms with Gasteiger partial charge in [-0.1, -0.05) is 18.2 Å². The second kappa shape index (κ2) is 7.18. The maximum Gasteiger partial charge on any atom is 0.322 e. The number of amides is 3. The van der Waals surface area contributed by atoms with Crippen molar-refractivity contribution in [1.29, 1.82) is 0 Å². The number of nitrogens with zero attached hydrogens (tertiary/aromatic N) is 1. The molecule has 1 aromatic heterocycles. The molecule has 0 spiro atoms. The fourth-order valence-corrected chi connectivity index (χ4v) is 2.71. The first-order valence-electron chi connectivity index (χ1n) is 7.74. The van der Waals surface area contributed by atoms with Gasteiger partial charge in [0.05, 0.1) is 18.9 Å². The van der Waals surface area contributed by atoms with E-state index in [0.717, 1.165) is 0 Å². The first-order valence-corrected chi connectivity index (χ1v) is 7.74. The molecule has 24 heavy (non-hydrogen) atoms. The van der Waals surface area contributed by atoms with Gasteiger partial charge in [-0.15, -0.1) is 0 Å². The number of urea groups is 1. The number of anilines is 1. The van der Waals surface area contributed by atoms with Gasteiger partial charge < -0.3 is 25.1 Å². The van der Waals surface area contributed by atoms with Crippen LogP contribution in [0.5, 0.6) is 0 Å². The number of carbonyl (C=O) groups is 2. The van der Waals surface area contributed by atoms with Crippen LogP contribution in [0.1, 0.15) is 12.2 Å². The number of likely N-dealkylation sites (tertiary alicyclic amines) is 1. The molecule has 0 radical (unpaired) electrons. The quantitative estimate of drug-likeness (QED) is 0.793. The fraction of sp³-hybridized carbons (Fsp3) is 0.294. The number of furan rings is 1. The molecule has 126 valence electrons. The zero-order valence-electron chi connectivity index (χ0n) is 13.0. The molecule has 7 heteroatoms. The lowest BCUT2D eigenvalue weighted by Crippen LogP contribution is -2.47. The topological polar surface area (TPSA) is 94.8 Å². The Kier molecular flexibility index (Phi) is 4.81. The molecule has 2 aromatic rings. The normalized spacial score (nSPS) is 20.0. The summed E-state index contributed by atoms with van der Waals surface area (Å²) in [5.74, 6) is 0.313. The van der Waals surface area contributed by atoms with E-state index in [9.17, 15) is 14.7 Å². The zero-order valence-corrected chi connectivity index (χ0v) is 13.0. The Balaban J connectivity index is 1.62. The van der Waals surface area contributed by atoms with Gasteiger partial charge in [-0.2, -0.15) is 0 Å². The van der Waals surface area contributed by atoms with Crippen LogP contribution in [-0.4, -0.2) is 40.6 Å². The van der Waals surface area contributed by atoms with E-state index in [-0.39, 0.29) is 25.4 Å². The molecule has 0 unspecified atom stereocenters. The van der Waals surface area contributed by atoms with Crippen molar-refractivity contribution in [3.63, 3.8) is 0 Å². The van der Waals surface area contributed by atoms with Crippen molar-refractivity contribution in [3.05, 3.63) is 54.5 Å². The molecule has 3 N–H and O–H groups in total. The lowest BCUT2D eigenvalue weighted by atomic mass is 10.2. The van der Waals surface area contributed by atoms with E-state index >= 15 is 0 Å². The largest absolute Gasteiger partial charge is 0.467 e. The van der Waals surface area contributed by atoms with Crippen LogP contribution in [0, 0.1) is 0 Å². The summed E-state index contributed by atoms with van der Waals surface area (Å²) in [6.07, 6.45) is 1.03. The average molecular weight is 329 g/mol. The predicted molar refractivity (Wildman–Crippen MR) is 87.1 cm³/mol. The summed E-state index contributed by atoms with van der Waals surface area (Å²) in [6.45, 7) is 0.365. The van der Waals surface area contributed by atoms with Crippen molar-refractivity contribution in [2.45, 2.75) is 25.1 Å². The van der Waals surface area contributed by atoms with E-state index in [4.69, 9.17) is 4.42 Å². The predicted octanol–water partition coefficient (Wildman–Crippen LogP) is 1.56. The lowest BCUT2D eigenvalue weighted by Gasteiger charge is -2.23. The molecule has 0 saturated carbocycles. The van der Waals surface area contributed by atoms with Crippen LogP contribution in [0.25, 0.3) is 0 Å². The summed E-state index contributed by atoms with van der Waals surface area (Å²) in [5, 5.41) is 15.3. The van der Waals surface area contributed by atoms with Gasteiger partial charge in [-0.25, -0.2) is 4.79 Å². The van der Waals surface area contributed by atoms with Crippen molar-refractivity contribution in [2.24, 2.45) is 0 Å². The van der Waals surface area contributed by atoms with Gasteiger partial charge in [0, 0.05) is 18.7 Å². The summed E-state index contributed by atoms with van der Waals surface area (Å²) >= 11 is 0. The maximum absolute atomic E-state index is 12.4. The molecule has 1 aromatic carbocycles. The van der Waals surface area contributed by atoms with Gasteiger partial charge in [0.1, 0.15) is 11.8 Å². The zero-order chi connectivity index (χ0) is 16.9. The van der Waals surface area contributed by atoms with Crippen LogP contribution >= 0.6 is 0 Å². The molecule has 7 nitrogen and oxygen atoms in total. The molecule has 1 saturated heterocycles. The van der Waals surface area contributed by atoms with Crippen LogP contribution in [0.15, 0.2) is 53.1 Å². The average Bonchev–Trinajstić information content (AvgIpc) is 3.23. The monoisotopic (exact) mass is 329 g/mol. The van der Waals surface area contributed by atoms with Crippen LogP contribution in [0.4, 0.5) is 10.5 Å². The van der Waals surface area contributed by atoms with Crippen molar-refractivity contribution in [2.75, 3.05) is 11.9 Å². The van der Waals surface area contributed by atoms with E-state index in [0.29, 0.717) is 11.4 Å². The van der Waals surface area contributed by atoms with Gasteiger partial charge in [-0.3, -0.25) is 4.79 Å². The molecule has 1 fully saturated rings. The number of aliphatic hydroxyl groups excluding tert-OH is 1. The third kappa shape index (κ3) is 3.75. The Morgan fingerprint density at radius 2 is 2.00 bits per heavy atom. The van der Waals surface area contributed by atoms with Gasteiger partial charge in [0.2, 0.25) is 5.91 Å². The SMILES string of the molecule is O=C(NCc1ccco1)[C@@H]1C[C@@H](O)CN1C(=O)Nc1ccccc1. The summed E-state index contributed by atoms with van der Waals surface area (Å²) in [7, 11) is 0. The molecule has 2 atom stereocenters. The maximum atomic E-state index is 12.4. The van der Waals surface area contributed by atoms with Crippen molar-refractivity contribution >= 4 is 17.6 Å². The van der Waals surface area contributed by atoms with Gasteiger partial charge in [0.15, 0.2) is 0 Å².